The van der Waals surface area contributed by atoms with Crippen LogP contribution in [0.1, 0.15) is 47.2 Å². The van der Waals surface area contributed by atoms with Crippen molar-refractivity contribution in [1.29, 1.82) is 0 Å². The fourth-order valence-electron chi connectivity index (χ4n) is 3.55. The van der Waals surface area contributed by atoms with Gasteiger partial charge in [-0.25, -0.2) is 4.39 Å². The second kappa shape index (κ2) is 8.14. The highest BCUT2D eigenvalue weighted by Crippen LogP contribution is 2.24. The number of carbonyl (C=O) groups excluding carboxylic acids is 2. The molecular weight excluding hydrogens is 361 g/mol. The minimum Gasteiger partial charge on any atom is -0.372 e. The molecule has 2 atom stereocenters. The second-order valence-corrected chi connectivity index (χ2v) is 7.41. The van der Waals surface area contributed by atoms with Gasteiger partial charge in [0.15, 0.2) is 5.78 Å². The number of hydrogen-bond acceptors (Lipinski definition) is 4. The van der Waals surface area contributed by atoms with Crippen molar-refractivity contribution in [2.45, 2.75) is 39.5 Å². The van der Waals surface area contributed by atoms with Crippen molar-refractivity contribution in [3.63, 3.8) is 0 Å². The number of ketones is 1. The molecule has 1 amide bonds. The van der Waals surface area contributed by atoms with E-state index in [0.29, 0.717) is 35.6 Å². The van der Waals surface area contributed by atoms with Gasteiger partial charge in [-0.1, -0.05) is 6.07 Å². The molecule has 3 rings (SSSR count). The van der Waals surface area contributed by atoms with Crippen molar-refractivity contribution in [3.8, 4) is 0 Å². The standard InChI is InChI=1S/C21H26FN3O3/c1-13-10-25(11-14(2)28-13)19-6-5-16(7-18(19)22)9-23-21(27)20-8-17(15(3)26)12-24(20)4/h5-8,12-14H,9-11H2,1-4H3,(H,23,27)/t13-,14-/m0/s1. The molecule has 7 heteroatoms. The zero-order chi connectivity index (χ0) is 20.4. The van der Waals surface area contributed by atoms with Gasteiger partial charge >= 0.3 is 0 Å². The van der Waals surface area contributed by atoms with E-state index >= 15 is 0 Å². The molecule has 1 aromatic heterocycles. The SMILES string of the molecule is CC(=O)c1cc(C(=O)NCc2ccc(N3C[C@H](C)O[C@@H](C)C3)c(F)c2)n(C)c1. The molecule has 1 N–H and O–H groups in total. The van der Waals surface area contributed by atoms with Crippen molar-refractivity contribution in [2.75, 3.05) is 18.0 Å². The van der Waals surface area contributed by atoms with Gasteiger partial charge in [0.05, 0.1) is 17.9 Å². The average Bonchev–Trinajstić information content (AvgIpc) is 3.01. The molecule has 150 valence electrons. The van der Waals surface area contributed by atoms with Crippen LogP contribution in [0.3, 0.4) is 0 Å². The first-order chi connectivity index (χ1) is 13.2. The Hall–Kier alpha value is -2.67. The highest BCUT2D eigenvalue weighted by Gasteiger charge is 2.24. The zero-order valence-electron chi connectivity index (χ0n) is 16.7. The molecule has 0 spiro atoms. The quantitative estimate of drug-likeness (QED) is 0.802. The number of anilines is 1. The lowest BCUT2D eigenvalue weighted by atomic mass is 10.1. The van der Waals surface area contributed by atoms with Crippen LogP contribution in [0, 0.1) is 5.82 Å². The molecule has 1 aromatic carbocycles. The molecule has 1 aliphatic rings. The highest BCUT2D eigenvalue weighted by molar-refractivity contribution is 5.99. The second-order valence-electron chi connectivity index (χ2n) is 7.41. The Morgan fingerprint density at radius 3 is 2.46 bits per heavy atom. The Balaban J connectivity index is 1.66. The monoisotopic (exact) mass is 387 g/mol. The number of halogens is 1. The average molecular weight is 387 g/mol. The normalized spacial score (nSPS) is 19.5. The van der Waals surface area contributed by atoms with Crippen LogP contribution in [0.25, 0.3) is 0 Å². The third-order valence-electron chi connectivity index (χ3n) is 4.87. The fraction of sp³-hybridized carbons (Fsp3) is 0.429. The summed E-state index contributed by atoms with van der Waals surface area (Å²) in [5.41, 5.74) is 2.09. The molecule has 2 heterocycles. The number of morpholine rings is 1. The van der Waals surface area contributed by atoms with E-state index in [0.717, 1.165) is 0 Å². The number of amides is 1. The lowest BCUT2D eigenvalue weighted by Gasteiger charge is -2.37. The predicted molar refractivity (Wildman–Crippen MR) is 105 cm³/mol. The Labute approximate surface area is 164 Å². The zero-order valence-corrected chi connectivity index (χ0v) is 16.7. The first-order valence-corrected chi connectivity index (χ1v) is 9.39. The number of aromatic nitrogens is 1. The van der Waals surface area contributed by atoms with Gasteiger partial charge in [0.1, 0.15) is 11.5 Å². The number of hydrogen-bond donors (Lipinski definition) is 1. The molecule has 1 fully saturated rings. The third kappa shape index (κ3) is 4.42. The first kappa shape index (κ1) is 20.1. The highest BCUT2D eigenvalue weighted by atomic mass is 19.1. The van der Waals surface area contributed by atoms with Gasteiger partial charge in [-0.15, -0.1) is 0 Å². The van der Waals surface area contributed by atoms with Gasteiger partial charge in [-0.3, -0.25) is 9.59 Å². The van der Waals surface area contributed by atoms with Gasteiger partial charge in [0, 0.05) is 38.4 Å². The molecule has 0 saturated carbocycles. The number of nitrogens with one attached hydrogen (secondary N) is 1. The molecule has 28 heavy (non-hydrogen) atoms. The van der Waals surface area contributed by atoms with Crippen LogP contribution in [0.2, 0.25) is 0 Å². The van der Waals surface area contributed by atoms with Gasteiger partial charge in [-0.2, -0.15) is 0 Å². The molecule has 0 unspecified atom stereocenters. The van der Waals surface area contributed by atoms with Crippen LogP contribution in [0.4, 0.5) is 10.1 Å². The largest absolute Gasteiger partial charge is 0.372 e. The maximum Gasteiger partial charge on any atom is 0.268 e. The maximum absolute atomic E-state index is 14.7. The van der Waals surface area contributed by atoms with Gasteiger partial charge in [0.2, 0.25) is 0 Å². The van der Waals surface area contributed by atoms with Crippen LogP contribution in [-0.2, 0) is 18.3 Å². The van der Waals surface area contributed by atoms with Crippen molar-refractivity contribution in [3.05, 3.63) is 53.1 Å². The molecule has 0 radical (unpaired) electrons. The van der Waals surface area contributed by atoms with Crippen LogP contribution in [-0.4, -0.2) is 41.6 Å². The van der Waals surface area contributed by atoms with E-state index in [1.165, 1.54) is 13.0 Å². The van der Waals surface area contributed by atoms with Crippen molar-refractivity contribution in [1.82, 2.24) is 9.88 Å². The Kier molecular flexibility index (Phi) is 5.84. The first-order valence-electron chi connectivity index (χ1n) is 9.39. The molecule has 0 bridgehead atoms. The molecule has 2 aromatic rings. The summed E-state index contributed by atoms with van der Waals surface area (Å²) in [6, 6.07) is 6.57. The van der Waals surface area contributed by atoms with Gasteiger partial charge < -0.3 is 19.5 Å². The minimum absolute atomic E-state index is 0.0484. The van der Waals surface area contributed by atoms with E-state index in [4.69, 9.17) is 4.74 Å². The summed E-state index contributed by atoms with van der Waals surface area (Å²) in [5, 5.41) is 2.78. The summed E-state index contributed by atoms with van der Waals surface area (Å²) < 4.78 is 22.0. The van der Waals surface area contributed by atoms with Crippen LogP contribution in [0.15, 0.2) is 30.5 Å². The van der Waals surface area contributed by atoms with Gasteiger partial charge in [0.25, 0.3) is 5.91 Å². The van der Waals surface area contributed by atoms with Crippen LogP contribution in [0.5, 0.6) is 0 Å². The summed E-state index contributed by atoms with van der Waals surface area (Å²) in [4.78, 5) is 25.8. The number of rotatable bonds is 5. The van der Waals surface area contributed by atoms with E-state index in [1.54, 1.807) is 29.9 Å². The third-order valence-corrected chi connectivity index (χ3v) is 4.87. The van der Waals surface area contributed by atoms with E-state index < -0.39 is 0 Å². The smallest absolute Gasteiger partial charge is 0.268 e. The Morgan fingerprint density at radius 2 is 1.89 bits per heavy atom. The lowest BCUT2D eigenvalue weighted by Crippen LogP contribution is -2.45. The maximum atomic E-state index is 14.7. The van der Waals surface area contributed by atoms with E-state index in [9.17, 15) is 14.0 Å². The molecule has 1 aliphatic heterocycles. The molecule has 0 aliphatic carbocycles. The Morgan fingerprint density at radius 1 is 1.21 bits per heavy atom. The van der Waals surface area contributed by atoms with Crippen LogP contribution >= 0.6 is 0 Å². The molecule has 1 saturated heterocycles. The van der Waals surface area contributed by atoms with E-state index in [2.05, 4.69) is 5.32 Å². The molecule has 6 nitrogen and oxygen atoms in total. The summed E-state index contributed by atoms with van der Waals surface area (Å²) >= 11 is 0. The number of Topliss-reactive ketones (excluding diaryl/α,β-unsaturated/α-hetero) is 1. The van der Waals surface area contributed by atoms with Crippen molar-refractivity contribution >= 4 is 17.4 Å². The minimum atomic E-state index is -0.314. The van der Waals surface area contributed by atoms with Crippen molar-refractivity contribution in [2.24, 2.45) is 7.05 Å². The molecular formula is C21H26FN3O3. The summed E-state index contributed by atoms with van der Waals surface area (Å²) in [5.74, 6) is -0.722. The van der Waals surface area contributed by atoms with Crippen LogP contribution < -0.4 is 10.2 Å². The number of ether oxygens (including phenoxy) is 1. The topological polar surface area (TPSA) is 63.6 Å². The number of nitrogens with zero attached hydrogens (tertiary/aromatic N) is 2. The fourth-order valence-corrected chi connectivity index (χ4v) is 3.55. The summed E-state index contributed by atoms with van der Waals surface area (Å²) in [7, 11) is 1.71. The summed E-state index contributed by atoms with van der Waals surface area (Å²) in [6.45, 7) is 6.90. The predicted octanol–water partition coefficient (Wildman–Crippen LogP) is 2.91. The van der Waals surface area contributed by atoms with Gasteiger partial charge in [-0.05, 0) is 44.5 Å². The van der Waals surface area contributed by atoms with E-state index in [1.807, 2.05) is 24.8 Å². The Bertz CT molecular complexity index is 883. The van der Waals surface area contributed by atoms with E-state index in [-0.39, 0.29) is 36.3 Å². The lowest BCUT2D eigenvalue weighted by molar-refractivity contribution is -0.00539. The number of aryl methyl sites for hydroxylation is 1. The number of carbonyl (C=O) groups is 2. The summed E-state index contributed by atoms with van der Waals surface area (Å²) in [6.07, 6.45) is 1.72. The van der Waals surface area contributed by atoms with Crippen molar-refractivity contribution < 1.29 is 18.7 Å². The number of benzene rings is 1.